The van der Waals surface area contributed by atoms with Gasteiger partial charge in [-0.15, -0.1) is 0 Å². The highest BCUT2D eigenvalue weighted by Gasteiger charge is 2.28. The quantitative estimate of drug-likeness (QED) is 0.807. The van der Waals surface area contributed by atoms with Crippen molar-refractivity contribution in [1.29, 1.82) is 0 Å². The minimum Gasteiger partial charge on any atom is -0.392 e. The number of sulfonamides is 1. The second kappa shape index (κ2) is 6.29. The molecule has 0 saturated carbocycles. The van der Waals surface area contributed by atoms with E-state index in [0.717, 1.165) is 0 Å². The molecule has 4 nitrogen and oxygen atoms in total. The molecule has 0 aromatic heterocycles. The molecule has 0 unspecified atom stereocenters. The summed E-state index contributed by atoms with van der Waals surface area (Å²) in [7, 11) is -3.72. The normalized spacial score (nSPS) is 11.8. The Bertz CT molecular complexity index is 543. The molecule has 0 saturated heterocycles. The molecular formula is C10H12BrClN2O2S2. The predicted octanol–water partition coefficient (Wildman–Crippen LogP) is 2.40. The fourth-order valence-electron chi connectivity index (χ4n) is 1.40. The third kappa shape index (κ3) is 3.42. The number of likely N-dealkylation sites (N-methyl/N-ethyl adjacent to an activating group) is 1. The molecule has 0 atom stereocenters. The Hall–Kier alpha value is -0.210. The van der Waals surface area contributed by atoms with Crippen LogP contribution >= 0.6 is 39.7 Å². The van der Waals surface area contributed by atoms with Crippen LogP contribution in [0.4, 0.5) is 0 Å². The highest BCUT2D eigenvalue weighted by atomic mass is 79.9. The molecule has 0 spiro atoms. The van der Waals surface area contributed by atoms with Gasteiger partial charge >= 0.3 is 0 Å². The van der Waals surface area contributed by atoms with Gasteiger partial charge in [0.05, 0.1) is 16.6 Å². The van der Waals surface area contributed by atoms with Crippen LogP contribution in [0.2, 0.25) is 5.02 Å². The number of rotatable bonds is 5. The Morgan fingerprint density at radius 2 is 2.17 bits per heavy atom. The summed E-state index contributed by atoms with van der Waals surface area (Å²) in [5.41, 5.74) is 5.40. The standard InChI is InChI=1S/C10H12BrClN2O2S2/c1-2-14(6-9(13)17)18(15,16)10-7(11)4-3-5-8(10)12/h3-5H,2,6H2,1H3,(H2,13,17). The first kappa shape index (κ1) is 15.8. The lowest BCUT2D eigenvalue weighted by molar-refractivity contribution is 0.467. The molecular weight excluding hydrogens is 360 g/mol. The van der Waals surface area contributed by atoms with Crippen LogP contribution in [0.1, 0.15) is 6.92 Å². The van der Waals surface area contributed by atoms with Gasteiger partial charge in [-0.25, -0.2) is 8.42 Å². The first-order valence-corrected chi connectivity index (χ1v) is 8.05. The number of hydrogen-bond donors (Lipinski definition) is 1. The van der Waals surface area contributed by atoms with E-state index in [2.05, 4.69) is 15.9 Å². The van der Waals surface area contributed by atoms with Crippen molar-refractivity contribution in [3.05, 3.63) is 27.7 Å². The second-order valence-electron chi connectivity index (χ2n) is 3.45. The summed E-state index contributed by atoms with van der Waals surface area (Å²) >= 11 is 13.9. The van der Waals surface area contributed by atoms with E-state index in [1.54, 1.807) is 19.1 Å². The van der Waals surface area contributed by atoms with Gasteiger partial charge in [-0.05, 0) is 28.1 Å². The predicted molar refractivity (Wildman–Crippen MR) is 80.4 cm³/mol. The SMILES string of the molecule is CCN(CC(N)=S)S(=O)(=O)c1c(Cl)cccc1Br. The highest BCUT2D eigenvalue weighted by Crippen LogP contribution is 2.31. The maximum atomic E-state index is 12.4. The smallest absolute Gasteiger partial charge is 0.246 e. The van der Waals surface area contributed by atoms with Crippen molar-refractivity contribution in [3.8, 4) is 0 Å². The summed E-state index contributed by atoms with van der Waals surface area (Å²) in [4.78, 5) is 0.147. The van der Waals surface area contributed by atoms with E-state index in [1.165, 1.54) is 10.4 Å². The van der Waals surface area contributed by atoms with Crippen molar-refractivity contribution >= 4 is 54.8 Å². The van der Waals surface area contributed by atoms with E-state index in [4.69, 9.17) is 29.6 Å². The van der Waals surface area contributed by atoms with Gasteiger partial charge in [-0.2, -0.15) is 4.31 Å². The van der Waals surface area contributed by atoms with Crippen LogP contribution < -0.4 is 5.73 Å². The van der Waals surface area contributed by atoms with Crippen molar-refractivity contribution < 1.29 is 8.42 Å². The molecule has 1 aromatic rings. The summed E-state index contributed by atoms with van der Waals surface area (Å²) in [6.45, 7) is 1.96. The average molecular weight is 372 g/mol. The lowest BCUT2D eigenvalue weighted by Crippen LogP contribution is -2.37. The van der Waals surface area contributed by atoms with Crippen molar-refractivity contribution in [2.24, 2.45) is 5.73 Å². The van der Waals surface area contributed by atoms with Crippen LogP contribution in [0.3, 0.4) is 0 Å². The van der Waals surface area contributed by atoms with Crippen LogP contribution in [-0.4, -0.2) is 30.8 Å². The maximum Gasteiger partial charge on any atom is 0.246 e. The molecule has 0 aliphatic carbocycles. The number of hydrogen-bond acceptors (Lipinski definition) is 3. The van der Waals surface area contributed by atoms with Gasteiger partial charge in [0.15, 0.2) is 0 Å². The number of nitrogens with two attached hydrogens (primary N) is 1. The molecule has 1 aromatic carbocycles. The zero-order valence-corrected chi connectivity index (χ0v) is 13.5. The van der Waals surface area contributed by atoms with Crippen LogP contribution in [0.25, 0.3) is 0 Å². The van der Waals surface area contributed by atoms with Crippen molar-refractivity contribution in [3.63, 3.8) is 0 Å². The Balaban J connectivity index is 3.32. The minimum absolute atomic E-state index is 0.00811. The maximum absolute atomic E-state index is 12.4. The summed E-state index contributed by atoms with van der Waals surface area (Å²) in [6, 6.07) is 4.80. The van der Waals surface area contributed by atoms with Crippen LogP contribution in [0, 0.1) is 0 Å². The van der Waals surface area contributed by atoms with Crippen LogP contribution in [0.5, 0.6) is 0 Å². The molecule has 1 rings (SSSR count). The fraction of sp³-hybridized carbons (Fsp3) is 0.300. The lowest BCUT2D eigenvalue weighted by atomic mass is 10.4. The molecule has 0 bridgehead atoms. The van der Waals surface area contributed by atoms with Gasteiger partial charge in [0.2, 0.25) is 10.0 Å². The fourth-order valence-corrected chi connectivity index (χ4v) is 4.73. The van der Waals surface area contributed by atoms with Gasteiger partial charge < -0.3 is 5.73 Å². The van der Waals surface area contributed by atoms with Crippen molar-refractivity contribution in [1.82, 2.24) is 4.31 Å². The number of halogens is 2. The molecule has 0 aliphatic heterocycles. The zero-order chi connectivity index (χ0) is 13.9. The van der Waals surface area contributed by atoms with E-state index in [1.807, 2.05) is 0 Å². The molecule has 2 N–H and O–H groups in total. The Morgan fingerprint density at radius 1 is 1.56 bits per heavy atom. The van der Waals surface area contributed by atoms with E-state index < -0.39 is 10.0 Å². The summed E-state index contributed by atoms with van der Waals surface area (Å²) in [5, 5.41) is 0.158. The zero-order valence-electron chi connectivity index (χ0n) is 9.56. The van der Waals surface area contributed by atoms with Gasteiger partial charge in [0, 0.05) is 11.0 Å². The average Bonchev–Trinajstić information content (AvgIpc) is 2.24. The molecule has 0 heterocycles. The Labute approximate surface area is 125 Å². The topological polar surface area (TPSA) is 63.4 Å². The monoisotopic (exact) mass is 370 g/mol. The van der Waals surface area contributed by atoms with Crippen molar-refractivity contribution in [2.45, 2.75) is 11.8 Å². The van der Waals surface area contributed by atoms with E-state index in [0.29, 0.717) is 4.47 Å². The van der Waals surface area contributed by atoms with Gasteiger partial charge in [-0.1, -0.05) is 36.8 Å². The molecule has 0 amide bonds. The molecule has 0 fully saturated rings. The summed E-state index contributed by atoms with van der Waals surface area (Å²) in [5.74, 6) is 0. The summed E-state index contributed by atoms with van der Waals surface area (Å²) in [6.07, 6.45) is 0. The molecule has 100 valence electrons. The first-order chi connectivity index (χ1) is 8.30. The number of benzene rings is 1. The number of nitrogens with zero attached hydrogens (tertiary/aromatic N) is 1. The van der Waals surface area contributed by atoms with E-state index in [-0.39, 0.29) is 28.0 Å². The summed E-state index contributed by atoms with van der Waals surface area (Å²) < 4.78 is 26.5. The largest absolute Gasteiger partial charge is 0.392 e. The van der Waals surface area contributed by atoms with Crippen LogP contribution in [0.15, 0.2) is 27.6 Å². The second-order valence-corrected chi connectivity index (χ2v) is 7.11. The first-order valence-electron chi connectivity index (χ1n) is 5.03. The molecule has 0 radical (unpaired) electrons. The van der Waals surface area contributed by atoms with Crippen molar-refractivity contribution in [2.75, 3.05) is 13.1 Å². The number of thiocarbonyl (C=S) groups is 1. The van der Waals surface area contributed by atoms with E-state index >= 15 is 0 Å². The molecule has 8 heteroatoms. The molecule has 18 heavy (non-hydrogen) atoms. The Morgan fingerprint density at radius 3 is 2.61 bits per heavy atom. The van der Waals surface area contributed by atoms with Crippen LogP contribution in [-0.2, 0) is 10.0 Å². The third-order valence-electron chi connectivity index (χ3n) is 2.20. The van der Waals surface area contributed by atoms with Gasteiger partial charge in [0.1, 0.15) is 4.90 Å². The van der Waals surface area contributed by atoms with Gasteiger partial charge in [-0.3, -0.25) is 0 Å². The third-order valence-corrected chi connectivity index (χ3v) is 5.70. The Kier molecular flexibility index (Phi) is 5.54. The minimum atomic E-state index is -3.72. The van der Waals surface area contributed by atoms with Gasteiger partial charge in [0.25, 0.3) is 0 Å². The molecule has 0 aliphatic rings. The highest BCUT2D eigenvalue weighted by molar-refractivity contribution is 9.10. The lowest BCUT2D eigenvalue weighted by Gasteiger charge is -2.21. The van der Waals surface area contributed by atoms with E-state index in [9.17, 15) is 8.42 Å².